The molecule has 1 aromatic carbocycles. The maximum atomic E-state index is 13.1. The minimum absolute atomic E-state index is 0.0266. The fraction of sp³-hybridized carbons (Fsp3) is 0.429. The van der Waals surface area contributed by atoms with Crippen LogP contribution in [-0.2, 0) is 16.0 Å². The number of benzene rings is 1. The highest BCUT2D eigenvalue weighted by Gasteiger charge is 2.34. The first-order chi connectivity index (χ1) is 12.5. The number of nitrogens with zero attached hydrogens (tertiary/aromatic N) is 2. The fourth-order valence-electron chi connectivity index (χ4n) is 3.69. The first kappa shape index (κ1) is 18.6. The lowest BCUT2D eigenvalue weighted by Gasteiger charge is -2.38. The van der Waals surface area contributed by atoms with Gasteiger partial charge in [-0.25, -0.2) is 0 Å². The molecule has 0 unspecified atom stereocenters. The summed E-state index contributed by atoms with van der Waals surface area (Å²) in [5, 5.41) is 2.11. The Morgan fingerprint density at radius 2 is 2.00 bits per heavy atom. The van der Waals surface area contributed by atoms with Crippen molar-refractivity contribution >= 4 is 23.2 Å². The standard InChI is InChI=1S/C21H26N2O2S/c1-4-11-22(16(3)24)14-20(25)23-12-9-19-18(10-13-26-19)21(23)17-8-6-5-7-15(17)2/h5-8,10,13,21H,4,9,11-12,14H2,1-3H3/t21-/m1/s1. The zero-order valence-corrected chi connectivity index (χ0v) is 16.5. The largest absolute Gasteiger partial charge is 0.334 e. The lowest BCUT2D eigenvalue weighted by atomic mass is 9.90. The highest BCUT2D eigenvalue weighted by molar-refractivity contribution is 7.10. The third-order valence-electron chi connectivity index (χ3n) is 5.03. The van der Waals surface area contributed by atoms with Crippen molar-refractivity contribution in [2.75, 3.05) is 19.6 Å². The second-order valence-corrected chi connectivity index (χ2v) is 7.84. The van der Waals surface area contributed by atoms with Crippen molar-refractivity contribution in [2.45, 2.75) is 39.7 Å². The normalized spacial score (nSPS) is 16.3. The molecule has 26 heavy (non-hydrogen) atoms. The third kappa shape index (κ3) is 3.68. The molecule has 2 heterocycles. The van der Waals surface area contributed by atoms with E-state index in [0.29, 0.717) is 13.1 Å². The van der Waals surface area contributed by atoms with Gasteiger partial charge in [0.1, 0.15) is 0 Å². The van der Waals surface area contributed by atoms with Gasteiger partial charge in [-0.1, -0.05) is 31.2 Å². The Morgan fingerprint density at radius 3 is 2.69 bits per heavy atom. The summed E-state index contributed by atoms with van der Waals surface area (Å²) in [6.07, 6.45) is 1.73. The predicted octanol–water partition coefficient (Wildman–Crippen LogP) is 3.79. The molecular formula is C21H26N2O2S. The number of rotatable bonds is 5. The number of carbonyl (C=O) groups is 2. The van der Waals surface area contributed by atoms with Crippen LogP contribution in [0.3, 0.4) is 0 Å². The van der Waals surface area contributed by atoms with Gasteiger partial charge in [-0.3, -0.25) is 9.59 Å². The van der Waals surface area contributed by atoms with Gasteiger partial charge in [0.15, 0.2) is 0 Å². The summed E-state index contributed by atoms with van der Waals surface area (Å²) in [5.41, 5.74) is 3.59. The van der Waals surface area contributed by atoms with Crippen molar-refractivity contribution in [3.63, 3.8) is 0 Å². The molecule has 3 rings (SSSR count). The minimum Gasteiger partial charge on any atom is -0.334 e. The van der Waals surface area contributed by atoms with E-state index in [1.54, 1.807) is 16.2 Å². The first-order valence-corrected chi connectivity index (χ1v) is 10.1. The molecular weight excluding hydrogens is 344 g/mol. The molecule has 1 aromatic heterocycles. The van der Waals surface area contributed by atoms with Crippen molar-refractivity contribution in [3.8, 4) is 0 Å². The van der Waals surface area contributed by atoms with Gasteiger partial charge in [-0.05, 0) is 47.9 Å². The topological polar surface area (TPSA) is 40.6 Å². The average Bonchev–Trinajstić information content (AvgIpc) is 3.09. The molecule has 0 N–H and O–H groups in total. The summed E-state index contributed by atoms with van der Waals surface area (Å²) in [5.74, 6) is -0.0142. The van der Waals surface area contributed by atoms with E-state index in [9.17, 15) is 9.59 Å². The van der Waals surface area contributed by atoms with Gasteiger partial charge in [-0.15, -0.1) is 11.3 Å². The highest BCUT2D eigenvalue weighted by atomic mass is 32.1. The predicted molar refractivity (Wildman–Crippen MR) is 105 cm³/mol. The Balaban J connectivity index is 1.94. The number of fused-ring (bicyclic) bond motifs is 1. The number of carbonyl (C=O) groups excluding carboxylic acids is 2. The number of hydrogen-bond donors (Lipinski definition) is 0. The smallest absolute Gasteiger partial charge is 0.242 e. The van der Waals surface area contributed by atoms with E-state index < -0.39 is 0 Å². The molecule has 0 radical (unpaired) electrons. The zero-order valence-electron chi connectivity index (χ0n) is 15.7. The molecule has 0 bridgehead atoms. The molecule has 1 atom stereocenters. The lowest BCUT2D eigenvalue weighted by molar-refractivity contribution is -0.140. The van der Waals surface area contributed by atoms with Crippen LogP contribution in [0.1, 0.15) is 47.9 Å². The zero-order chi connectivity index (χ0) is 18.7. The van der Waals surface area contributed by atoms with Crippen molar-refractivity contribution in [1.82, 2.24) is 9.80 Å². The van der Waals surface area contributed by atoms with E-state index >= 15 is 0 Å². The van der Waals surface area contributed by atoms with E-state index in [-0.39, 0.29) is 24.4 Å². The van der Waals surface area contributed by atoms with Crippen LogP contribution in [0.5, 0.6) is 0 Å². The summed E-state index contributed by atoms with van der Waals surface area (Å²) >= 11 is 1.77. The summed E-state index contributed by atoms with van der Waals surface area (Å²) in [7, 11) is 0. The van der Waals surface area contributed by atoms with E-state index in [0.717, 1.165) is 12.8 Å². The van der Waals surface area contributed by atoms with Crippen LogP contribution < -0.4 is 0 Å². The van der Waals surface area contributed by atoms with Gasteiger partial charge in [0.25, 0.3) is 0 Å². The molecule has 0 aliphatic carbocycles. The maximum absolute atomic E-state index is 13.1. The Bertz CT molecular complexity index is 799. The van der Waals surface area contributed by atoms with Gasteiger partial charge >= 0.3 is 0 Å². The third-order valence-corrected chi connectivity index (χ3v) is 6.03. The minimum atomic E-state index is -0.0610. The van der Waals surface area contributed by atoms with E-state index in [1.165, 1.54) is 28.5 Å². The Kier molecular flexibility index (Phi) is 5.77. The second kappa shape index (κ2) is 8.04. The van der Waals surface area contributed by atoms with Crippen molar-refractivity contribution in [3.05, 3.63) is 57.3 Å². The van der Waals surface area contributed by atoms with E-state index in [4.69, 9.17) is 0 Å². The van der Waals surface area contributed by atoms with Gasteiger partial charge in [0.2, 0.25) is 11.8 Å². The van der Waals surface area contributed by atoms with Gasteiger partial charge in [0.05, 0.1) is 12.6 Å². The quantitative estimate of drug-likeness (QED) is 0.803. The van der Waals surface area contributed by atoms with Gasteiger partial charge < -0.3 is 9.80 Å². The van der Waals surface area contributed by atoms with Crippen molar-refractivity contribution in [1.29, 1.82) is 0 Å². The number of thiophene rings is 1. The molecule has 4 nitrogen and oxygen atoms in total. The molecule has 0 saturated carbocycles. The van der Waals surface area contributed by atoms with Crippen LogP contribution >= 0.6 is 11.3 Å². The fourth-order valence-corrected chi connectivity index (χ4v) is 4.59. The summed E-state index contributed by atoms with van der Waals surface area (Å²) in [4.78, 5) is 30.0. The molecule has 1 aliphatic rings. The first-order valence-electron chi connectivity index (χ1n) is 9.19. The van der Waals surface area contributed by atoms with Crippen molar-refractivity contribution < 1.29 is 9.59 Å². The van der Waals surface area contributed by atoms with Crippen LogP contribution in [0.4, 0.5) is 0 Å². The van der Waals surface area contributed by atoms with Gasteiger partial charge in [0, 0.05) is 24.9 Å². The summed E-state index contributed by atoms with van der Waals surface area (Å²) < 4.78 is 0. The number of aryl methyl sites for hydroxylation is 1. The van der Waals surface area contributed by atoms with Crippen LogP contribution in [0, 0.1) is 6.92 Å². The van der Waals surface area contributed by atoms with Crippen LogP contribution in [0.2, 0.25) is 0 Å². The van der Waals surface area contributed by atoms with Crippen molar-refractivity contribution in [2.24, 2.45) is 0 Å². The Hall–Kier alpha value is -2.14. The van der Waals surface area contributed by atoms with Crippen LogP contribution in [0.15, 0.2) is 35.7 Å². The molecule has 1 aliphatic heterocycles. The maximum Gasteiger partial charge on any atom is 0.242 e. The van der Waals surface area contributed by atoms with Gasteiger partial charge in [-0.2, -0.15) is 0 Å². The van der Waals surface area contributed by atoms with Crippen LogP contribution in [-0.4, -0.2) is 41.2 Å². The molecule has 2 amide bonds. The molecule has 0 fully saturated rings. The highest BCUT2D eigenvalue weighted by Crippen LogP contribution is 2.38. The monoisotopic (exact) mass is 370 g/mol. The number of hydrogen-bond acceptors (Lipinski definition) is 3. The summed E-state index contributed by atoms with van der Waals surface area (Å²) in [6, 6.07) is 10.4. The molecule has 0 saturated heterocycles. The molecule has 0 spiro atoms. The lowest BCUT2D eigenvalue weighted by Crippen LogP contribution is -2.46. The Labute approximate surface area is 159 Å². The van der Waals surface area contributed by atoms with Crippen LogP contribution in [0.25, 0.3) is 0 Å². The number of amides is 2. The second-order valence-electron chi connectivity index (χ2n) is 6.84. The van der Waals surface area contributed by atoms with E-state index in [2.05, 4.69) is 30.5 Å². The average molecular weight is 371 g/mol. The summed E-state index contributed by atoms with van der Waals surface area (Å²) in [6.45, 7) is 7.13. The molecule has 2 aromatic rings. The van der Waals surface area contributed by atoms with E-state index in [1.807, 2.05) is 24.0 Å². The molecule has 138 valence electrons. The Morgan fingerprint density at radius 1 is 1.23 bits per heavy atom. The SMILES string of the molecule is CCCN(CC(=O)N1CCc2sccc2[C@H]1c1ccccc1C)C(C)=O. The molecule has 5 heteroatoms.